The van der Waals surface area contributed by atoms with Crippen LogP contribution in [0, 0.1) is 0 Å². The van der Waals surface area contributed by atoms with Gasteiger partial charge in [-0.1, -0.05) is 23.7 Å². The van der Waals surface area contributed by atoms with E-state index in [9.17, 15) is 9.59 Å². The predicted octanol–water partition coefficient (Wildman–Crippen LogP) is 5.02. The molecular weight excluding hydrogens is 352 g/mol. The van der Waals surface area contributed by atoms with Crippen LogP contribution in [0.15, 0.2) is 51.7 Å². The molecule has 0 unspecified atom stereocenters. The van der Waals surface area contributed by atoms with Crippen molar-refractivity contribution in [3.05, 3.63) is 80.2 Å². The van der Waals surface area contributed by atoms with Gasteiger partial charge >= 0.3 is 5.97 Å². The number of carbonyl (C=O) groups is 1. The van der Waals surface area contributed by atoms with E-state index in [-0.39, 0.29) is 11.0 Å². The molecule has 0 atom stereocenters. The number of rotatable bonds is 2. The number of hydrogen-bond donors (Lipinski definition) is 1. The highest BCUT2D eigenvalue weighted by atomic mass is 35.5. The Morgan fingerprint density at radius 3 is 2.77 bits per heavy atom. The molecule has 1 aliphatic rings. The van der Waals surface area contributed by atoms with Gasteiger partial charge in [-0.05, 0) is 66.8 Å². The molecule has 0 bridgehead atoms. The molecule has 0 saturated carbocycles. The van der Waals surface area contributed by atoms with E-state index >= 15 is 0 Å². The topological polar surface area (TPSA) is 67.5 Å². The van der Waals surface area contributed by atoms with Crippen molar-refractivity contribution in [3.8, 4) is 0 Å². The third-order valence-electron chi connectivity index (χ3n) is 4.59. The summed E-state index contributed by atoms with van der Waals surface area (Å²) >= 11 is 6.06. The predicted molar refractivity (Wildman–Crippen MR) is 102 cm³/mol. The summed E-state index contributed by atoms with van der Waals surface area (Å²) in [5.41, 5.74) is 2.84. The van der Waals surface area contributed by atoms with Gasteiger partial charge in [0.15, 0.2) is 5.43 Å². The van der Waals surface area contributed by atoms with Crippen molar-refractivity contribution in [2.24, 2.45) is 0 Å². The quantitative estimate of drug-likeness (QED) is 0.691. The second-order valence-corrected chi connectivity index (χ2v) is 6.77. The van der Waals surface area contributed by atoms with Crippen molar-refractivity contribution in [2.75, 3.05) is 0 Å². The summed E-state index contributed by atoms with van der Waals surface area (Å²) < 4.78 is 6.02. The maximum Gasteiger partial charge on any atom is 0.335 e. The molecule has 0 fully saturated rings. The van der Waals surface area contributed by atoms with Gasteiger partial charge in [0.2, 0.25) is 0 Å². The van der Waals surface area contributed by atoms with Crippen LogP contribution >= 0.6 is 11.6 Å². The Bertz CT molecular complexity index is 1120. The van der Waals surface area contributed by atoms with Crippen LogP contribution in [0.3, 0.4) is 0 Å². The Balaban J connectivity index is 1.91. The SMILES string of the molecule is O=C(O)c1ccc2oc3c(c(=O)c2c1)CCCC3=Cc1cccc(Cl)c1. The normalized spacial score (nSPS) is 15.2. The van der Waals surface area contributed by atoms with Gasteiger partial charge in [0.1, 0.15) is 11.3 Å². The first-order valence-corrected chi connectivity index (χ1v) is 8.70. The molecular formula is C21H15ClO4. The van der Waals surface area contributed by atoms with Crippen molar-refractivity contribution >= 4 is 40.2 Å². The van der Waals surface area contributed by atoms with Crippen LogP contribution < -0.4 is 5.43 Å². The average molecular weight is 367 g/mol. The number of aromatic carboxylic acids is 1. The summed E-state index contributed by atoms with van der Waals surface area (Å²) in [6.45, 7) is 0. The molecule has 26 heavy (non-hydrogen) atoms. The second-order valence-electron chi connectivity index (χ2n) is 6.33. The number of carboxylic acid groups (broad SMARTS) is 1. The van der Waals surface area contributed by atoms with Crippen molar-refractivity contribution in [1.29, 1.82) is 0 Å². The molecule has 5 heteroatoms. The Labute approximate surface area is 154 Å². The zero-order valence-corrected chi connectivity index (χ0v) is 14.5. The summed E-state index contributed by atoms with van der Waals surface area (Å²) in [5.74, 6) is -0.470. The van der Waals surface area contributed by atoms with Crippen LogP contribution in [-0.4, -0.2) is 11.1 Å². The molecule has 4 rings (SSSR count). The van der Waals surface area contributed by atoms with Crippen molar-refractivity contribution in [2.45, 2.75) is 19.3 Å². The molecule has 1 aromatic heterocycles. The van der Waals surface area contributed by atoms with E-state index in [1.165, 1.54) is 12.1 Å². The van der Waals surface area contributed by atoms with Gasteiger partial charge in [0, 0.05) is 10.6 Å². The van der Waals surface area contributed by atoms with Crippen LogP contribution in [0.1, 0.15) is 40.1 Å². The highest BCUT2D eigenvalue weighted by Gasteiger charge is 2.22. The van der Waals surface area contributed by atoms with Gasteiger partial charge in [-0.3, -0.25) is 4.79 Å². The number of carboxylic acids is 1. The van der Waals surface area contributed by atoms with E-state index in [0.717, 1.165) is 24.0 Å². The van der Waals surface area contributed by atoms with Crippen molar-refractivity contribution in [1.82, 2.24) is 0 Å². The molecule has 0 aliphatic heterocycles. The van der Waals surface area contributed by atoms with Gasteiger partial charge in [-0.25, -0.2) is 4.79 Å². The lowest BCUT2D eigenvalue weighted by Crippen LogP contribution is -2.16. The Hall–Kier alpha value is -2.85. The molecule has 0 amide bonds. The van der Waals surface area contributed by atoms with Crippen LogP contribution in [0.2, 0.25) is 5.02 Å². The van der Waals surface area contributed by atoms with Gasteiger partial charge < -0.3 is 9.52 Å². The fourth-order valence-electron chi connectivity index (χ4n) is 3.36. The summed E-state index contributed by atoms with van der Waals surface area (Å²) in [4.78, 5) is 24.1. The number of hydrogen-bond acceptors (Lipinski definition) is 3. The third-order valence-corrected chi connectivity index (χ3v) is 4.82. The van der Waals surface area contributed by atoms with Gasteiger partial charge in [0.05, 0.1) is 10.9 Å². The first kappa shape index (κ1) is 16.6. The molecule has 1 aliphatic carbocycles. The lowest BCUT2D eigenvalue weighted by Gasteiger charge is -2.18. The Morgan fingerprint density at radius 2 is 2.00 bits per heavy atom. The average Bonchev–Trinajstić information content (AvgIpc) is 2.62. The monoisotopic (exact) mass is 366 g/mol. The van der Waals surface area contributed by atoms with Crippen molar-refractivity contribution in [3.63, 3.8) is 0 Å². The van der Waals surface area contributed by atoms with E-state index in [0.29, 0.717) is 33.7 Å². The maximum absolute atomic E-state index is 12.9. The van der Waals surface area contributed by atoms with Crippen molar-refractivity contribution < 1.29 is 14.3 Å². The minimum atomic E-state index is -1.06. The first-order chi connectivity index (χ1) is 12.5. The minimum Gasteiger partial charge on any atom is -0.478 e. The van der Waals surface area contributed by atoms with Crippen LogP contribution in [-0.2, 0) is 6.42 Å². The van der Waals surface area contributed by atoms with E-state index in [2.05, 4.69) is 0 Å². The number of allylic oxidation sites excluding steroid dienone is 1. The molecule has 3 aromatic rings. The summed E-state index contributed by atoms with van der Waals surface area (Å²) in [7, 11) is 0. The van der Waals surface area contributed by atoms with E-state index in [1.807, 2.05) is 30.3 Å². The summed E-state index contributed by atoms with van der Waals surface area (Å²) in [5, 5.41) is 10.1. The highest BCUT2D eigenvalue weighted by molar-refractivity contribution is 6.30. The zero-order valence-electron chi connectivity index (χ0n) is 13.8. The molecule has 130 valence electrons. The minimum absolute atomic E-state index is 0.0789. The Morgan fingerprint density at radius 1 is 1.15 bits per heavy atom. The molecule has 1 heterocycles. The molecule has 0 saturated heterocycles. The second kappa shape index (κ2) is 6.46. The van der Waals surface area contributed by atoms with Gasteiger partial charge in [-0.15, -0.1) is 0 Å². The zero-order chi connectivity index (χ0) is 18.3. The first-order valence-electron chi connectivity index (χ1n) is 8.32. The number of fused-ring (bicyclic) bond motifs is 2. The van der Waals surface area contributed by atoms with E-state index < -0.39 is 5.97 Å². The summed E-state index contributed by atoms with van der Waals surface area (Å²) in [6, 6.07) is 11.9. The lowest BCUT2D eigenvalue weighted by atomic mass is 9.90. The van der Waals surface area contributed by atoms with Gasteiger partial charge in [-0.2, -0.15) is 0 Å². The lowest BCUT2D eigenvalue weighted by molar-refractivity contribution is 0.0697. The Kier molecular flexibility index (Phi) is 4.13. The van der Waals surface area contributed by atoms with Crippen LogP contribution in [0.25, 0.3) is 22.6 Å². The summed E-state index contributed by atoms with van der Waals surface area (Å²) in [6.07, 6.45) is 4.26. The number of benzene rings is 2. The highest BCUT2D eigenvalue weighted by Crippen LogP contribution is 2.33. The molecule has 0 spiro atoms. The van der Waals surface area contributed by atoms with E-state index in [4.69, 9.17) is 21.1 Å². The standard InChI is InChI=1S/C21H15ClO4/c22-15-5-1-3-12(10-15)9-13-4-2-6-16-19(23)17-11-14(21(24)25)7-8-18(17)26-20(13)16/h1,3,5,7-11H,2,4,6H2,(H,24,25). The number of halogens is 1. The molecule has 4 nitrogen and oxygen atoms in total. The maximum atomic E-state index is 12.9. The third kappa shape index (κ3) is 2.93. The molecule has 0 radical (unpaired) electrons. The smallest absolute Gasteiger partial charge is 0.335 e. The fraction of sp³-hybridized carbons (Fsp3) is 0.143. The van der Waals surface area contributed by atoms with E-state index in [1.54, 1.807) is 6.07 Å². The fourth-order valence-corrected chi connectivity index (χ4v) is 3.56. The molecule has 2 aromatic carbocycles. The van der Waals surface area contributed by atoms with Gasteiger partial charge in [0.25, 0.3) is 0 Å². The molecule has 1 N–H and O–H groups in total. The van der Waals surface area contributed by atoms with Crippen LogP contribution in [0.4, 0.5) is 0 Å². The largest absolute Gasteiger partial charge is 0.478 e. The van der Waals surface area contributed by atoms with Crippen LogP contribution in [0.5, 0.6) is 0 Å².